The molecule has 2 rings (SSSR count). The van der Waals surface area contributed by atoms with Crippen molar-refractivity contribution < 1.29 is 4.74 Å². The van der Waals surface area contributed by atoms with Crippen LogP contribution in [0.5, 0.6) is 6.01 Å². The second-order valence-electron chi connectivity index (χ2n) is 4.01. The molecular weight excluding hydrogens is 284 g/mol. The third-order valence-corrected chi connectivity index (χ3v) is 3.00. The molecule has 0 bridgehead atoms. The van der Waals surface area contributed by atoms with Gasteiger partial charge in [-0.05, 0) is 25.6 Å². The van der Waals surface area contributed by atoms with E-state index in [1.165, 1.54) is 4.57 Å². The van der Waals surface area contributed by atoms with Crippen LogP contribution in [0.3, 0.4) is 0 Å². The Labute approximate surface area is 118 Å². The molecule has 4 N–H and O–H groups in total. The van der Waals surface area contributed by atoms with E-state index in [-0.39, 0.29) is 23.8 Å². The average molecular weight is 298 g/mol. The fraction of sp³-hybridized carbons (Fsp3) is 0.444. The molecule has 0 fully saturated rings. The summed E-state index contributed by atoms with van der Waals surface area (Å²) in [7, 11) is 1.59. The van der Waals surface area contributed by atoms with Crippen molar-refractivity contribution in [3.05, 3.63) is 10.5 Å². The Balaban J connectivity index is 2.30. The van der Waals surface area contributed by atoms with Crippen LogP contribution in [0.25, 0.3) is 0 Å². The van der Waals surface area contributed by atoms with Gasteiger partial charge >= 0.3 is 11.7 Å². The highest BCUT2D eigenvalue weighted by Crippen LogP contribution is 2.23. The minimum absolute atomic E-state index is 0.0874. The Morgan fingerprint density at radius 1 is 1.40 bits per heavy atom. The van der Waals surface area contributed by atoms with Crippen molar-refractivity contribution in [2.45, 2.75) is 30.3 Å². The van der Waals surface area contributed by atoms with Gasteiger partial charge in [-0.15, -0.1) is 5.10 Å². The van der Waals surface area contributed by atoms with Gasteiger partial charge in [0.25, 0.3) is 0 Å². The number of nitrogens with two attached hydrogens (primary N) is 1. The standard InChI is InChI=1S/C9H14N8O2S/c1-4(2)19-6-11-5(14-10)12-7(13-6)20-9-16-15-8(18)17(9)3/h4H,10H2,1-3H3,(H,15,18)(H,11,12,13,14). The second-order valence-corrected chi connectivity index (χ2v) is 4.94. The van der Waals surface area contributed by atoms with Crippen molar-refractivity contribution >= 4 is 17.7 Å². The Hall–Kier alpha value is -2.14. The summed E-state index contributed by atoms with van der Waals surface area (Å²) in [5, 5.41) is 6.91. The van der Waals surface area contributed by atoms with E-state index >= 15 is 0 Å². The van der Waals surface area contributed by atoms with Crippen LogP contribution in [0.2, 0.25) is 0 Å². The number of nitrogen functional groups attached to an aromatic ring is 1. The predicted molar refractivity (Wildman–Crippen MR) is 71.4 cm³/mol. The molecule has 0 saturated carbocycles. The highest BCUT2D eigenvalue weighted by molar-refractivity contribution is 7.99. The van der Waals surface area contributed by atoms with Crippen LogP contribution < -0.4 is 21.7 Å². The molecule has 0 unspecified atom stereocenters. The second kappa shape index (κ2) is 5.88. The number of H-pyrrole nitrogens is 1. The van der Waals surface area contributed by atoms with Gasteiger partial charge in [0.2, 0.25) is 11.1 Å². The topological polar surface area (TPSA) is 137 Å². The summed E-state index contributed by atoms with van der Waals surface area (Å²) in [5.74, 6) is 5.47. The lowest BCUT2D eigenvalue weighted by atomic mass is 10.5. The van der Waals surface area contributed by atoms with E-state index in [1.807, 2.05) is 13.8 Å². The molecule has 2 aromatic heterocycles. The van der Waals surface area contributed by atoms with Gasteiger partial charge in [-0.2, -0.15) is 15.0 Å². The maximum atomic E-state index is 11.3. The first-order chi connectivity index (χ1) is 9.49. The van der Waals surface area contributed by atoms with Gasteiger partial charge in [-0.1, -0.05) is 0 Å². The normalized spacial score (nSPS) is 10.8. The molecule has 0 amide bonds. The minimum Gasteiger partial charge on any atom is -0.461 e. The maximum Gasteiger partial charge on any atom is 0.343 e. The molecule has 0 aliphatic carbocycles. The van der Waals surface area contributed by atoms with Crippen LogP contribution in [0.1, 0.15) is 13.8 Å². The summed E-state index contributed by atoms with van der Waals surface area (Å²) in [6.07, 6.45) is -0.0874. The number of rotatable bonds is 5. The molecule has 10 nitrogen and oxygen atoms in total. The molecule has 0 saturated heterocycles. The number of hydrogen-bond acceptors (Lipinski definition) is 9. The van der Waals surface area contributed by atoms with Crippen molar-refractivity contribution in [3.8, 4) is 6.01 Å². The van der Waals surface area contributed by atoms with Gasteiger partial charge in [-0.25, -0.2) is 15.7 Å². The van der Waals surface area contributed by atoms with Crippen molar-refractivity contribution in [1.82, 2.24) is 29.7 Å². The Morgan fingerprint density at radius 2 is 2.15 bits per heavy atom. The van der Waals surface area contributed by atoms with Gasteiger partial charge < -0.3 is 4.74 Å². The number of aromatic amines is 1. The molecule has 11 heteroatoms. The van der Waals surface area contributed by atoms with Crippen molar-refractivity contribution in [1.29, 1.82) is 0 Å². The lowest BCUT2D eigenvalue weighted by Gasteiger charge is -2.09. The van der Waals surface area contributed by atoms with Crippen LogP contribution in [0.4, 0.5) is 5.95 Å². The van der Waals surface area contributed by atoms with Crippen LogP contribution in [0.15, 0.2) is 15.1 Å². The Morgan fingerprint density at radius 3 is 2.70 bits per heavy atom. The van der Waals surface area contributed by atoms with Crippen molar-refractivity contribution in [3.63, 3.8) is 0 Å². The largest absolute Gasteiger partial charge is 0.461 e. The number of ether oxygens (including phenoxy) is 1. The number of nitrogens with one attached hydrogen (secondary N) is 2. The van der Waals surface area contributed by atoms with Crippen LogP contribution in [-0.4, -0.2) is 35.8 Å². The van der Waals surface area contributed by atoms with E-state index < -0.39 is 0 Å². The van der Waals surface area contributed by atoms with E-state index in [0.29, 0.717) is 10.3 Å². The summed E-state index contributed by atoms with van der Waals surface area (Å²) in [6.45, 7) is 3.70. The van der Waals surface area contributed by atoms with Crippen LogP contribution in [0, 0.1) is 0 Å². The highest BCUT2D eigenvalue weighted by Gasteiger charge is 2.13. The van der Waals surface area contributed by atoms with Gasteiger partial charge in [0.05, 0.1) is 6.10 Å². The van der Waals surface area contributed by atoms with Crippen LogP contribution in [-0.2, 0) is 7.05 Å². The molecular formula is C9H14N8O2S. The summed E-state index contributed by atoms with van der Waals surface area (Å²) < 4.78 is 6.74. The third-order valence-electron chi connectivity index (χ3n) is 2.09. The van der Waals surface area contributed by atoms with E-state index in [4.69, 9.17) is 10.6 Å². The number of hydrogen-bond donors (Lipinski definition) is 3. The number of nitrogens with zero attached hydrogens (tertiary/aromatic N) is 5. The van der Waals surface area contributed by atoms with E-state index in [2.05, 4.69) is 30.6 Å². The molecule has 20 heavy (non-hydrogen) atoms. The molecule has 0 aliphatic heterocycles. The molecule has 2 heterocycles. The van der Waals surface area contributed by atoms with Crippen molar-refractivity contribution in [2.75, 3.05) is 5.43 Å². The van der Waals surface area contributed by atoms with Gasteiger partial charge in [0.1, 0.15) is 0 Å². The first-order valence-corrected chi connectivity index (χ1v) is 6.50. The minimum atomic E-state index is -0.322. The predicted octanol–water partition coefficient (Wildman–Crippen LogP) is -0.483. The first kappa shape index (κ1) is 14.3. The SMILES string of the molecule is CC(C)Oc1nc(NN)nc(Sc2n[nH]c(=O)n2C)n1. The summed E-state index contributed by atoms with van der Waals surface area (Å²) in [5.41, 5.74) is 2.01. The lowest BCUT2D eigenvalue weighted by Crippen LogP contribution is -2.15. The molecule has 2 aromatic rings. The Bertz CT molecular complexity index is 652. The zero-order valence-electron chi connectivity index (χ0n) is 11.1. The third kappa shape index (κ3) is 3.24. The lowest BCUT2D eigenvalue weighted by molar-refractivity contribution is 0.219. The molecule has 0 spiro atoms. The summed E-state index contributed by atoms with van der Waals surface area (Å²) in [6, 6.07) is 0.144. The highest BCUT2D eigenvalue weighted by atomic mass is 32.2. The fourth-order valence-corrected chi connectivity index (χ4v) is 1.95. The molecule has 0 aliphatic rings. The molecule has 0 radical (unpaired) electrons. The van der Waals surface area contributed by atoms with E-state index in [9.17, 15) is 4.79 Å². The number of hydrazine groups is 1. The smallest absolute Gasteiger partial charge is 0.343 e. The number of aromatic nitrogens is 6. The quantitative estimate of drug-likeness (QED) is 0.493. The van der Waals surface area contributed by atoms with Gasteiger partial charge in [0, 0.05) is 7.05 Å². The first-order valence-electron chi connectivity index (χ1n) is 5.68. The Kier molecular flexibility index (Phi) is 4.20. The van der Waals surface area contributed by atoms with E-state index in [1.54, 1.807) is 7.05 Å². The van der Waals surface area contributed by atoms with Crippen molar-refractivity contribution in [2.24, 2.45) is 12.9 Å². The monoisotopic (exact) mass is 298 g/mol. The van der Waals surface area contributed by atoms with Crippen LogP contribution >= 0.6 is 11.8 Å². The molecule has 0 atom stereocenters. The summed E-state index contributed by atoms with van der Waals surface area (Å²) >= 11 is 1.09. The zero-order valence-corrected chi connectivity index (χ0v) is 11.9. The van der Waals surface area contributed by atoms with Gasteiger partial charge in [-0.3, -0.25) is 9.99 Å². The van der Waals surface area contributed by atoms with Gasteiger partial charge in [0.15, 0.2) is 5.16 Å². The maximum absolute atomic E-state index is 11.3. The fourth-order valence-electron chi connectivity index (χ4n) is 1.22. The molecule has 108 valence electrons. The average Bonchev–Trinajstić information content (AvgIpc) is 2.69. The summed E-state index contributed by atoms with van der Waals surface area (Å²) in [4.78, 5) is 23.4. The number of anilines is 1. The zero-order chi connectivity index (χ0) is 14.7. The molecule has 0 aromatic carbocycles. The van der Waals surface area contributed by atoms with E-state index in [0.717, 1.165) is 11.8 Å².